The number of alkyl halides is 3. The third-order valence-electron chi connectivity index (χ3n) is 7.41. The number of carbonyl (C=O) groups excluding carboxylic acids is 2. The molecule has 3 aliphatic heterocycles. The molecule has 7 nitrogen and oxygen atoms in total. The number of halogens is 3. The number of nitrogens with zero attached hydrogens (tertiary/aromatic N) is 1. The van der Waals surface area contributed by atoms with Crippen molar-refractivity contribution in [2.45, 2.75) is 56.3 Å². The van der Waals surface area contributed by atoms with Crippen molar-refractivity contribution in [3.05, 3.63) is 22.4 Å². The normalized spacial score (nSPS) is 29.1. The quantitative estimate of drug-likeness (QED) is 0.516. The number of carboxylic acid groups (broad SMARTS) is 1. The van der Waals surface area contributed by atoms with E-state index in [1.165, 1.54) is 11.3 Å². The molecule has 1 aromatic heterocycles. The van der Waals surface area contributed by atoms with Crippen molar-refractivity contribution in [2.75, 3.05) is 32.8 Å². The van der Waals surface area contributed by atoms with E-state index in [0.29, 0.717) is 5.92 Å². The molecule has 1 unspecified atom stereocenters. The Labute approximate surface area is 194 Å². The second kappa shape index (κ2) is 10.3. The van der Waals surface area contributed by atoms with E-state index < -0.39 is 17.7 Å². The predicted molar refractivity (Wildman–Crippen MR) is 113 cm³/mol. The van der Waals surface area contributed by atoms with Gasteiger partial charge in [-0.1, -0.05) is 18.9 Å². The third-order valence-corrected chi connectivity index (χ3v) is 8.41. The molecule has 3 saturated heterocycles. The zero-order valence-electron chi connectivity index (χ0n) is 18.4. The van der Waals surface area contributed by atoms with Gasteiger partial charge in [-0.2, -0.15) is 13.2 Å². The van der Waals surface area contributed by atoms with Crippen LogP contribution in [-0.2, 0) is 15.2 Å². The van der Waals surface area contributed by atoms with Gasteiger partial charge in [0.25, 0.3) is 5.91 Å². The van der Waals surface area contributed by atoms with Gasteiger partial charge in [-0.05, 0) is 30.2 Å². The van der Waals surface area contributed by atoms with E-state index in [0.717, 1.165) is 74.1 Å². The molecule has 4 heterocycles. The number of aliphatic carboxylic acids is 1. The van der Waals surface area contributed by atoms with Crippen LogP contribution in [0, 0.1) is 11.8 Å². The summed E-state index contributed by atoms with van der Waals surface area (Å²) in [5.41, 5.74) is -1.39. The van der Waals surface area contributed by atoms with Crippen LogP contribution in [0.25, 0.3) is 0 Å². The Morgan fingerprint density at radius 3 is 2.27 bits per heavy atom. The Morgan fingerprint density at radius 1 is 1.18 bits per heavy atom. The number of thiophene rings is 1. The summed E-state index contributed by atoms with van der Waals surface area (Å²) in [6, 6.07) is 3.94. The maximum absolute atomic E-state index is 13.3. The topological polar surface area (TPSA) is 110 Å². The van der Waals surface area contributed by atoms with Gasteiger partial charge < -0.3 is 29.9 Å². The smallest absolute Gasteiger partial charge is 0.430 e. The van der Waals surface area contributed by atoms with Crippen LogP contribution in [0.5, 0.6) is 0 Å². The molecule has 0 spiro atoms. The van der Waals surface area contributed by atoms with Gasteiger partial charge in [0.15, 0.2) is 5.60 Å². The molecule has 1 aromatic rings. The molecule has 11 heteroatoms. The van der Waals surface area contributed by atoms with Crippen LogP contribution in [0.1, 0.15) is 43.4 Å². The Balaban J connectivity index is 0.000000383. The van der Waals surface area contributed by atoms with Crippen molar-refractivity contribution in [1.29, 1.82) is 0 Å². The first kappa shape index (κ1) is 25.9. The van der Waals surface area contributed by atoms with Crippen molar-refractivity contribution in [3.8, 4) is 0 Å². The zero-order valence-corrected chi connectivity index (χ0v) is 19.2. The summed E-state index contributed by atoms with van der Waals surface area (Å²) in [5.74, 6) is -2.68. The molecule has 0 radical (unpaired) electrons. The highest BCUT2D eigenvalue weighted by Gasteiger charge is 2.51. The number of fused-ring (bicyclic) bond motifs is 3. The van der Waals surface area contributed by atoms with Crippen molar-refractivity contribution in [1.82, 2.24) is 5.32 Å². The lowest BCUT2D eigenvalue weighted by molar-refractivity contribution is -0.944. The molecule has 0 aromatic carbocycles. The molecule has 1 saturated carbocycles. The fourth-order valence-electron chi connectivity index (χ4n) is 5.59. The first-order chi connectivity index (χ1) is 15.5. The van der Waals surface area contributed by atoms with Crippen molar-refractivity contribution in [3.63, 3.8) is 0 Å². The summed E-state index contributed by atoms with van der Waals surface area (Å²) < 4.78 is 32.5. The lowest BCUT2D eigenvalue weighted by Gasteiger charge is -2.53. The number of quaternary nitrogens is 1. The molecule has 5 rings (SSSR count). The number of hydrogen-bond donors (Lipinski definition) is 3. The van der Waals surface area contributed by atoms with Gasteiger partial charge in [-0.25, -0.2) is 0 Å². The maximum Gasteiger partial charge on any atom is 0.430 e. The molecular weight excluding hydrogens is 461 g/mol. The van der Waals surface area contributed by atoms with E-state index in [2.05, 4.69) is 5.32 Å². The number of hydrogen-bond acceptors (Lipinski definition) is 6. The van der Waals surface area contributed by atoms with Gasteiger partial charge in [-0.15, -0.1) is 11.3 Å². The van der Waals surface area contributed by atoms with Crippen molar-refractivity contribution in [2.24, 2.45) is 11.8 Å². The molecule has 4 fully saturated rings. The number of amides is 1. The molecule has 3 N–H and O–H groups in total. The standard InChI is InChI=1S/C20H30N2O3S.C2HF3O2/c23-12-11-22-9-7-15(8-10-22)17(14-22)21-19(24)20(25,16-4-1-2-5-16)18-6-3-13-26-18;3-2(4,5)1(6)7/h3,6,13,15-17,23,25H,1-2,4-5,7-12,14H2;(H,6,7)/t15?,17-,20?,22?;/m0./s1. The summed E-state index contributed by atoms with van der Waals surface area (Å²) in [7, 11) is 0. The van der Waals surface area contributed by atoms with E-state index >= 15 is 0 Å². The third kappa shape index (κ3) is 5.70. The van der Waals surface area contributed by atoms with Crippen LogP contribution in [-0.4, -0.2) is 71.6 Å². The fourth-order valence-corrected chi connectivity index (χ4v) is 6.49. The summed E-state index contributed by atoms with van der Waals surface area (Å²) in [6.45, 7) is 4.08. The van der Waals surface area contributed by atoms with Gasteiger partial charge >= 0.3 is 6.18 Å². The van der Waals surface area contributed by atoms with Gasteiger partial charge in [-0.3, -0.25) is 4.79 Å². The van der Waals surface area contributed by atoms with Crippen LogP contribution in [0.4, 0.5) is 13.2 Å². The molecule has 1 amide bonds. The average molecular weight is 493 g/mol. The molecule has 2 bridgehead atoms. The number of carbonyl (C=O) groups is 2. The van der Waals surface area contributed by atoms with Crippen LogP contribution in [0.3, 0.4) is 0 Å². The second-order valence-electron chi connectivity index (χ2n) is 9.35. The van der Waals surface area contributed by atoms with Gasteiger partial charge in [0, 0.05) is 23.6 Å². The van der Waals surface area contributed by atoms with Gasteiger partial charge in [0.1, 0.15) is 12.5 Å². The lowest BCUT2D eigenvalue weighted by Crippen LogP contribution is -2.69. The Morgan fingerprint density at radius 2 is 1.79 bits per heavy atom. The molecule has 33 heavy (non-hydrogen) atoms. The van der Waals surface area contributed by atoms with Gasteiger partial charge in [0.05, 0.1) is 32.3 Å². The van der Waals surface area contributed by atoms with Crippen LogP contribution in [0.15, 0.2) is 17.5 Å². The first-order valence-electron chi connectivity index (χ1n) is 11.3. The number of aliphatic hydroxyl groups excluding tert-OH is 1. The van der Waals surface area contributed by atoms with Crippen LogP contribution >= 0.6 is 11.3 Å². The van der Waals surface area contributed by atoms with E-state index in [1.54, 1.807) is 0 Å². The summed E-state index contributed by atoms with van der Waals surface area (Å²) in [4.78, 5) is 22.9. The van der Waals surface area contributed by atoms with E-state index in [9.17, 15) is 28.2 Å². The van der Waals surface area contributed by atoms with Crippen molar-refractivity contribution < 1.29 is 42.6 Å². The molecular formula is C22H31F3N2O5S. The Hall–Kier alpha value is -1.69. The van der Waals surface area contributed by atoms with E-state index in [1.807, 2.05) is 17.5 Å². The SMILES string of the molecule is O=C(N[C@H]1C[N+]2(CCO)CCC1CC2)C(O)(c1cccs1)C1CCCC1.O=C([O-])C(F)(F)F. The molecule has 2 atom stereocenters. The average Bonchev–Trinajstić information content (AvgIpc) is 3.48. The first-order valence-corrected chi connectivity index (χ1v) is 12.2. The van der Waals surface area contributed by atoms with Crippen molar-refractivity contribution >= 4 is 23.2 Å². The number of rotatable bonds is 6. The highest BCUT2D eigenvalue weighted by molar-refractivity contribution is 7.10. The number of piperidine rings is 3. The lowest BCUT2D eigenvalue weighted by atomic mass is 9.79. The minimum absolute atomic E-state index is 0.0165. The molecule has 1 aliphatic carbocycles. The Kier molecular flexibility index (Phi) is 8.08. The number of nitrogens with one attached hydrogen (secondary N) is 1. The van der Waals surface area contributed by atoms with E-state index in [-0.39, 0.29) is 24.5 Å². The fraction of sp³-hybridized carbons (Fsp3) is 0.727. The molecule has 186 valence electrons. The summed E-state index contributed by atoms with van der Waals surface area (Å²) in [5, 5.41) is 35.0. The largest absolute Gasteiger partial charge is 0.542 e. The van der Waals surface area contributed by atoms with Gasteiger partial charge in [0.2, 0.25) is 0 Å². The van der Waals surface area contributed by atoms with Crippen LogP contribution in [0.2, 0.25) is 0 Å². The number of aliphatic hydroxyl groups is 2. The number of carboxylic acids is 1. The highest BCUT2D eigenvalue weighted by atomic mass is 32.1. The molecule has 4 aliphatic rings. The highest BCUT2D eigenvalue weighted by Crippen LogP contribution is 2.43. The minimum atomic E-state index is -5.19. The minimum Gasteiger partial charge on any atom is -0.542 e. The Bertz CT molecular complexity index is 800. The second-order valence-corrected chi connectivity index (χ2v) is 10.3. The van der Waals surface area contributed by atoms with Crippen LogP contribution < -0.4 is 10.4 Å². The monoisotopic (exact) mass is 492 g/mol. The predicted octanol–water partition coefficient (Wildman–Crippen LogP) is 1.14. The maximum atomic E-state index is 13.3. The summed E-state index contributed by atoms with van der Waals surface area (Å²) in [6.07, 6.45) is 1.03. The zero-order chi connectivity index (χ0) is 24.3. The van der Waals surface area contributed by atoms with E-state index in [4.69, 9.17) is 9.90 Å². The summed E-state index contributed by atoms with van der Waals surface area (Å²) >= 11 is 1.48.